The van der Waals surface area contributed by atoms with E-state index in [9.17, 15) is 13.2 Å². The zero-order valence-electron chi connectivity index (χ0n) is 18.0. The number of ether oxygens (including phenoxy) is 1. The Morgan fingerprint density at radius 1 is 0.935 bits per heavy atom. The monoisotopic (exact) mass is 438 g/mol. The van der Waals surface area contributed by atoms with Gasteiger partial charge in [0.05, 0.1) is 4.90 Å². The van der Waals surface area contributed by atoms with Gasteiger partial charge in [0.25, 0.3) is 5.91 Å². The summed E-state index contributed by atoms with van der Waals surface area (Å²) < 4.78 is 31.2. The molecule has 0 spiro atoms. The van der Waals surface area contributed by atoms with Crippen molar-refractivity contribution in [3.05, 3.63) is 89.0 Å². The van der Waals surface area contributed by atoms with Crippen LogP contribution < -0.4 is 10.1 Å². The van der Waals surface area contributed by atoms with Crippen molar-refractivity contribution in [2.45, 2.75) is 25.3 Å². The van der Waals surface area contributed by atoms with Gasteiger partial charge < -0.3 is 10.1 Å². The Kier molecular flexibility index (Phi) is 6.77. The van der Waals surface area contributed by atoms with E-state index in [1.165, 1.54) is 18.4 Å². The van der Waals surface area contributed by atoms with E-state index in [-0.39, 0.29) is 17.4 Å². The van der Waals surface area contributed by atoms with Crippen molar-refractivity contribution in [3.8, 4) is 5.75 Å². The third kappa shape index (κ3) is 5.51. The zero-order valence-corrected chi connectivity index (χ0v) is 18.9. The molecule has 0 aromatic heterocycles. The van der Waals surface area contributed by atoms with Gasteiger partial charge in [0.1, 0.15) is 12.4 Å². The average Bonchev–Trinajstić information content (AvgIpc) is 2.74. The first kappa shape index (κ1) is 22.5. The van der Waals surface area contributed by atoms with Crippen molar-refractivity contribution in [2.75, 3.05) is 19.4 Å². The molecule has 3 aromatic carbocycles. The molecule has 1 amide bonds. The third-order valence-electron chi connectivity index (χ3n) is 4.85. The fourth-order valence-corrected chi connectivity index (χ4v) is 3.89. The number of hydrogen-bond donors (Lipinski definition) is 1. The SMILES string of the molecule is Cc1ccc(NC(=O)c2ccc(OCc3ccc(S(=O)(=O)N(C)C)cc3)cc2)c(C)c1. The van der Waals surface area contributed by atoms with Crippen molar-refractivity contribution in [1.82, 2.24) is 4.31 Å². The van der Waals surface area contributed by atoms with Crippen LogP contribution in [0.2, 0.25) is 0 Å². The highest BCUT2D eigenvalue weighted by atomic mass is 32.2. The van der Waals surface area contributed by atoms with Gasteiger partial charge in [-0.25, -0.2) is 12.7 Å². The minimum Gasteiger partial charge on any atom is -0.489 e. The lowest BCUT2D eigenvalue weighted by Crippen LogP contribution is -2.22. The van der Waals surface area contributed by atoms with Crippen LogP contribution in [0.5, 0.6) is 5.75 Å². The Morgan fingerprint density at radius 2 is 1.58 bits per heavy atom. The highest BCUT2D eigenvalue weighted by Crippen LogP contribution is 2.20. The van der Waals surface area contributed by atoms with Gasteiger partial charge in [0, 0.05) is 25.3 Å². The van der Waals surface area contributed by atoms with Crippen LogP contribution in [0, 0.1) is 13.8 Å². The predicted octanol–water partition coefficient (Wildman–Crippen LogP) is 4.39. The van der Waals surface area contributed by atoms with Crippen LogP contribution >= 0.6 is 0 Å². The molecule has 0 fully saturated rings. The molecule has 0 saturated carbocycles. The number of nitrogens with one attached hydrogen (secondary N) is 1. The second kappa shape index (κ2) is 9.32. The number of sulfonamides is 1. The Labute approximate surface area is 183 Å². The topological polar surface area (TPSA) is 75.7 Å². The van der Waals surface area contributed by atoms with E-state index in [2.05, 4.69) is 5.32 Å². The third-order valence-corrected chi connectivity index (χ3v) is 6.68. The van der Waals surface area contributed by atoms with E-state index in [1.54, 1.807) is 48.5 Å². The molecule has 0 atom stereocenters. The molecule has 1 N–H and O–H groups in total. The molecule has 0 aliphatic heterocycles. The summed E-state index contributed by atoms with van der Waals surface area (Å²) >= 11 is 0. The van der Waals surface area contributed by atoms with Crippen molar-refractivity contribution >= 4 is 21.6 Å². The Hall–Kier alpha value is -3.16. The summed E-state index contributed by atoms with van der Waals surface area (Å²) in [6, 6.07) is 19.4. The van der Waals surface area contributed by atoms with Crippen LogP contribution in [0.15, 0.2) is 71.6 Å². The van der Waals surface area contributed by atoms with E-state index >= 15 is 0 Å². The largest absolute Gasteiger partial charge is 0.489 e. The van der Waals surface area contributed by atoms with Gasteiger partial charge in [-0.1, -0.05) is 29.8 Å². The van der Waals surface area contributed by atoms with Gasteiger partial charge in [-0.05, 0) is 67.4 Å². The molecule has 6 nitrogen and oxygen atoms in total. The lowest BCUT2D eigenvalue weighted by molar-refractivity contribution is 0.102. The van der Waals surface area contributed by atoms with Gasteiger partial charge >= 0.3 is 0 Å². The second-order valence-electron chi connectivity index (χ2n) is 7.52. The summed E-state index contributed by atoms with van der Waals surface area (Å²) in [6.07, 6.45) is 0. The predicted molar refractivity (Wildman–Crippen MR) is 122 cm³/mol. The van der Waals surface area contributed by atoms with Gasteiger partial charge in [-0.2, -0.15) is 0 Å². The van der Waals surface area contributed by atoms with Crippen molar-refractivity contribution in [2.24, 2.45) is 0 Å². The number of anilines is 1. The Bertz CT molecular complexity index is 1170. The molecule has 0 aliphatic carbocycles. The van der Waals surface area contributed by atoms with E-state index < -0.39 is 10.0 Å². The van der Waals surface area contributed by atoms with Crippen molar-refractivity contribution in [1.29, 1.82) is 0 Å². The number of benzene rings is 3. The molecule has 0 radical (unpaired) electrons. The van der Waals surface area contributed by atoms with Crippen LogP contribution in [0.1, 0.15) is 27.0 Å². The van der Waals surface area contributed by atoms with E-state index in [4.69, 9.17) is 4.74 Å². The molecule has 0 bridgehead atoms. The molecule has 162 valence electrons. The maximum absolute atomic E-state index is 12.5. The normalized spacial score (nSPS) is 11.4. The first-order chi connectivity index (χ1) is 14.7. The van der Waals surface area contributed by atoms with Crippen LogP contribution in [0.4, 0.5) is 5.69 Å². The van der Waals surface area contributed by atoms with Crippen LogP contribution in [-0.4, -0.2) is 32.7 Å². The number of rotatable bonds is 7. The highest BCUT2D eigenvalue weighted by molar-refractivity contribution is 7.89. The van der Waals surface area contributed by atoms with E-state index in [0.29, 0.717) is 11.3 Å². The van der Waals surface area contributed by atoms with E-state index in [1.807, 2.05) is 32.0 Å². The molecule has 3 rings (SSSR count). The summed E-state index contributed by atoms with van der Waals surface area (Å²) in [7, 11) is -0.450. The fourth-order valence-electron chi connectivity index (χ4n) is 2.99. The molecule has 3 aromatic rings. The molecular formula is C24H26N2O4S. The summed E-state index contributed by atoms with van der Waals surface area (Å²) in [4.78, 5) is 12.7. The number of carbonyl (C=O) groups excluding carboxylic acids is 1. The summed E-state index contributed by atoms with van der Waals surface area (Å²) in [5.41, 5.74) is 4.32. The van der Waals surface area contributed by atoms with Gasteiger partial charge in [-0.15, -0.1) is 0 Å². The summed E-state index contributed by atoms with van der Waals surface area (Å²) in [6.45, 7) is 4.26. The Balaban J connectivity index is 1.60. The summed E-state index contributed by atoms with van der Waals surface area (Å²) in [5.74, 6) is 0.434. The lowest BCUT2D eigenvalue weighted by Gasteiger charge is -2.12. The zero-order chi connectivity index (χ0) is 22.6. The minimum absolute atomic E-state index is 0.184. The molecule has 0 aliphatic rings. The number of nitrogens with zero attached hydrogens (tertiary/aromatic N) is 1. The van der Waals surface area contributed by atoms with Gasteiger partial charge in [-0.3, -0.25) is 4.79 Å². The number of carbonyl (C=O) groups is 1. The molecule has 0 heterocycles. The Morgan fingerprint density at radius 3 is 2.16 bits per heavy atom. The standard InChI is InChI=1S/C24H26N2O4S/c1-17-5-14-23(18(2)15-17)25-24(27)20-8-10-21(11-9-20)30-16-19-6-12-22(13-7-19)31(28,29)26(3)4/h5-15H,16H2,1-4H3,(H,25,27). The lowest BCUT2D eigenvalue weighted by atomic mass is 10.1. The molecular weight excluding hydrogens is 412 g/mol. The number of hydrogen-bond acceptors (Lipinski definition) is 4. The molecule has 31 heavy (non-hydrogen) atoms. The van der Waals surface area contributed by atoms with Crippen molar-refractivity contribution in [3.63, 3.8) is 0 Å². The summed E-state index contributed by atoms with van der Waals surface area (Å²) in [5, 5.41) is 2.92. The number of aryl methyl sites for hydroxylation is 2. The fraction of sp³-hybridized carbons (Fsp3) is 0.208. The van der Waals surface area contributed by atoms with Crippen LogP contribution in [0.25, 0.3) is 0 Å². The van der Waals surface area contributed by atoms with Gasteiger partial charge in [0.2, 0.25) is 10.0 Å². The van der Waals surface area contributed by atoms with Crippen LogP contribution in [0.3, 0.4) is 0 Å². The minimum atomic E-state index is -3.45. The first-order valence-electron chi connectivity index (χ1n) is 9.80. The van der Waals surface area contributed by atoms with Crippen molar-refractivity contribution < 1.29 is 17.9 Å². The molecule has 7 heteroatoms. The van der Waals surface area contributed by atoms with E-state index in [0.717, 1.165) is 22.4 Å². The maximum atomic E-state index is 12.5. The first-order valence-corrected chi connectivity index (χ1v) is 11.2. The van der Waals surface area contributed by atoms with Crippen LogP contribution in [-0.2, 0) is 16.6 Å². The highest BCUT2D eigenvalue weighted by Gasteiger charge is 2.16. The number of amides is 1. The second-order valence-corrected chi connectivity index (χ2v) is 9.67. The average molecular weight is 439 g/mol. The molecule has 0 saturated heterocycles. The quantitative estimate of drug-likeness (QED) is 0.594. The smallest absolute Gasteiger partial charge is 0.255 e. The molecule has 0 unspecified atom stereocenters. The maximum Gasteiger partial charge on any atom is 0.255 e. The van der Waals surface area contributed by atoms with Gasteiger partial charge in [0.15, 0.2) is 0 Å².